The Kier molecular flexibility index (Phi) is 5.73. The van der Waals surface area contributed by atoms with Crippen molar-refractivity contribution in [2.75, 3.05) is 11.5 Å². The number of nitrogens with one attached hydrogen (secondary N) is 1. The third-order valence-corrected chi connectivity index (χ3v) is 4.59. The Morgan fingerprint density at radius 1 is 1.32 bits per heavy atom. The van der Waals surface area contributed by atoms with Crippen LogP contribution in [0.25, 0.3) is 0 Å². The van der Waals surface area contributed by atoms with Gasteiger partial charge in [0.05, 0.1) is 6.61 Å². The number of aliphatic hydroxyl groups is 1. The third kappa shape index (κ3) is 4.88. The van der Waals surface area contributed by atoms with E-state index < -0.39 is 0 Å². The highest BCUT2D eigenvalue weighted by molar-refractivity contribution is 7.99. The number of hydrogen-bond donors (Lipinski definition) is 2. The fourth-order valence-electron chi connectivity index (χ4n) is 2.22. The maximum Gasteiger partial charge on any atom is 0.220 e. The van der Waals surface area contributed by atoms with E-state index >= 15 is 0 Å². The molecule has 1 aromatic rings. The van der Waals surface area contributed by atoms with E-state index in [9.17, 15) is 4.79 Å². The molecule has 2 N–H and O–H groups in total. The van der Waals surface area contributed by atoms with Crippen LogP contribution < -0.4 is 5.32 Å². The van der Waals surface area contributed by atoms with Crippen molar-refractivity contribution in [2.24, 2.45) is 0 Å². The first kappa shape index (κ1) is 14.4. The van der Waals surface area contributed by atoms with Crippen LogP contribution in [0, 0.1) is 0 Å². The van der Waals surface area contributed by atoms with E-state index in [0.29, 0.717) is 12.5 Å². The van der Waals surface area contributed by atoms with Gasteiger partial charge >= 0.3 is 0 Å². The minimum Gasteiger partial charge on any atom is -0.392 e. The van der Waals surface area contributed by atoms with Gasteiger partial charge in [-0.25, -0.2) is 0 Å². The summed E-state index contributed by atoms with van der Waals surface area (Å²) in [6.45, 7) is 0.0696. The average molecular weight is 279 g/mol. The molecule has 1 aromatic carbocycles. The second kappa shape index (κ2) is 7.56. The van der Waals surface area contributed by atoms with Gasteiger partial charge in [0.15, 0.2) is 0 Å². The highest BCUT2D eigenvalue weighted by atomic mass is 32.2. The number of thioether (sulfide) groups is 1. The quantitative estimate of drug-likeness (QED) is 0.868. The van der Waals surface area contributed by atoms with Gasteiger partial charge in [0.1, 0.15) is 0 Å². The van der Waals surface area contributed by atoms with Crippen LogP contribution in [0.15, 0.2) is 24.3 Å². The van der Waals surface area contributed by atoms with Gasteiger partial charge in [-0.15, -0.1) is 0 Å². The lowest BCUT2D eigenvalue weighted by Crippen LogP contribution is -2.38. The molecule has 0 spiro atoms. The van der Waals surface area contributed by atoms with Gasteiger partial charge in [0.2, 0.25) is 5.91 Å². The van der Waals surface area contributed by atoms with Crippen LogP contribution in [0.2, 0.25) is 0 Å². The van der Waals surface area contributed by atoms with Gasteiger partial charge < -0.3 is 10.4 Å². The number of aliphatic hydroxyl groups excluding tert-OH is 1. The molecule has 1 heterocycles. The number of rotatable bonds is 5. The Labute approximate surface area is 118 Å². The molecular weight excluding hydrogens is 258 g/mol. The zero-order valence-corrected chi connectivity index (χ0v) is 11.9. The fraction of sp³-hybridized carbons (Fsp3) is 0.533. The summed E-state index contributed by atoms with van der Waals surface area (Å²) in [5, 5.41) is 12.1. The topological polar surface area (TPSA) is 49.3 Å². The van der Waals surface area contributed by atoms with E-state index in [-0.39, 0.29) is 12.5 Å². The molecule has 0 aliphatic carbocycles. The van der Waals surface area contributed by atoms with E-state index in [1.54, 1.807) is 0 Å². The smallest absolute Gasteiger partial charge is 0.220 e. The molecule has 2 rings (SSSR count). The molecule has 4 heteroatoms. The fourth-order valence-corrected chi connectivity index (χ4v) is 3.30. The number of carbonyl (C=O) groups excluding carboxylic acids is 1. The summed E-state index contributed by atoms with van der Waals surface area (Å²) < 4.78 is 0. The molecule has 0 aromatic heterocycles. The van der Waals surface area contributed by atoms with E-state index in [0.717, 1.165) is 29.7 Å². The molecular formula is C15H21NO2S. The number of aryl methyl sites for hydroxylation is 1. The minimum atomic E-state index is 0.0696. The van der Waals surface area contributed by atoms with Crippen molar-refractivity contribution >= 4 is 17.7 Å². The predicted octanol–water partition coefficient (Wildman–Crippen LogP) is 2.12. The van der Waals surface area contributed by atoms with Gasteiger partial charge in [0, 0.05) is 18.2 Å². The van der Waals surface area contributed by atoms with Crippen LogP contribution in [0.5, 0.6) is 0 Å². The van der Waals surface area contributed by atoms with E-state index in [4.69, 9.17) is 5.11 Å². The van der Waals surface area contributed by atoms with Crippen molar-refractivity contribution in [1.29, 1.82) is 0 Å². The molecule has 1 saturated heterocycles. The summed E-state index contributed by atoms with van der Waals surface area (Å²) in [6, 6.07) is 8.14. The van der Waals surface area contributed by atoms with Crippen LogP contribution in [0.4, 0.5) is 0 Å². The standard InChI is InChI=1S/C15H21NO2S/c17-10-13-5-3-12(4-6-13)7-8-15(18)16-14-2-1-9-19-11-14/h3-6,14,17H,1-2,7-11H2,(H,16,18). The normalized spacial score (nSPS) is 19.1. The van der Waals surface area contributed by atoms with Gasteiger partial charge in [-0.3, -0.25) is 4.79 Å². The van der Waals surface area contributed by atoms with Crippen LogP contribution >= 0.6 is 11.8 Å². The zero-order valence-electron chi connectivity index (χ0n) is 11.1. The monoisotopic (exact) mass is 279 g/mol. The summed E-state index contributed by atoms with van der Waals surface area (Å²) in [5.41, 5.74) is 2.05. The minimum absolute atomic E-state index is 0.0696. The van der Waals surface area contributed by atoms with Crippen molar-refractivity contribution in [3.05, 3.63) is 35.4 Å². The molecule has 1 amide bonds. The van der Waals surface area contributed by atoms with Crippen molar-refractivity contribution < 1.29 is 9.90 Å². The Bertz CT molecular complexity index is 399. The second-order valence-electron chi connectivity index (χ2n) is 4.96. The van der Waals surface area contributed by atoms with E-state index in [1.807, 2.05) is 36.0 Å². The molecule has 0 bridgehead atoms. The first-order valence-corrected chi connectivity index (χ1v) is 7.99. The Morgan fingerprint density at radius 3 is 2.68 bits per heavy atom. The molecule has 0 saturated carbocycles. The van der Waals surface area contributed by atoms with Gasteiger partial charge in [0.25, 0.3) is 0 Å². The SMILES string of the molecule is O=C(CCc1ccc(CO)cc1)NC1CCCSC1. The van der Waals surface area contributed by atoms with E-state index in [2.05, 4.69) is 5.32 Å². The molecule has 0 radical (unpaired) electrons. The van der Waals surface area contributed by atoms with Crippen molar-refractivity contribution in [2.45, 2.75) is 38.3 Å². The lowest BCUT2D eigenvalue weighted by Gasteiger charge is -2.22. The first-order chi connectivity index (χ1) is 9.28. The highest BCUT2D eigenvalue weighted by Gasteiger charge is 2.15. The van der Waals surface area contributed by atoms with Crippen molar-refractivity contribution in [3.8, 4) is 0 Å². The molecule has 19 heavy (non-hydrogen) atoms. The van der Waals surface area contributed by atoms with Crippen molar-refractivity contribution in [1.82, 2.24) is 5.32 Å². The summed E-state index contributed by atoms with van der Waals surface area (Å²) in [4.78, 5) is 11.8. The van der Waals surface area contributed by atoms with Crippen LogP contribution in [0.3, 0.4) is 0 Å². The summed E-state index contributed by atoms with van der Waals surface area (Å²) in [5.74, 6) is 2.43. The molecule has 1 aliphatic heterocycles. The van der Waals surface area contributed by atoms with Crippen LogP contribution in [-0.4, -0.2) is 28.6 Å². The van der Waals surface area contributed by atoms with E-state index in [1.165, 1.54) is 12.2 Å². The number of benzene rings is 1. The number of amides is 1. The highest BCUT2D eigenvalue weighted by Crippen LogP contribution is 2.17. The number of hydrogen-bond acceptors (Lipinski definition) is 3. The molecule has 1 unspecified atom stereocenters. The largest absolute Gasteiger partial charge is 0.392 e. The number of carbonyl (C=O) groups is 1. The maximum absolute atomic E-state index is 11.8. The van der Waals surface area contributed by atoms with Gasteiger partial charge in [-0.1, -0.05) is 24.3 Å². The molecule has 1 atom stereocenters. The van der Waals surface area contributed by atoms with Crippen LogP contribution in [-0.2, 0) is 17.8 Å². The molecule has 1 fully saturated rings. The van der Waals surface area contributed by atoms with Crippen LogP contribution in [0.1, 0.15) is 30.4 Å². The molecule has 104 valence electrons. The molecule has 3 nitrogen and oxygen atoms in total. The molecule has 1 aliphatic rings. The van der Waals surface area contributed by atoms with Gasteiger partial charge in [-0.05, 0) is 36.1 Å². The summed E-state index contributed by atoms with van der Waals surface area (Å²) in [6.07, 6.45) is 3.62. The summed E-state index contributed by atoms with van der Waals surface area (Å²) >= 11 is 1.93. The Hall–Kier alpha value is -1.000. The predicted molar refractivity (Wildman–Crippen MR) is 79.2 cm³/mol. The van der Waals surface area contributed by atoms with Gasteiger partial charge in [-0.2, -0.15) is 11.8 Å². The summed E-state index contributed by atoms with van der Waals surface area (Å²) in [7, 11) is 0. The zero-order chi connectivity index (χ0) is 13.5. The third-order valence-electron chi connectivity index (χ3n) is 3.37. The Balaban J connectivity index is 1.72. The maximum atomic E-state index is 11.8. The second-order valence-corrected chi connectivity index (χ2v) is 6.11. The first-order valence-electron chi connectivity index (χ1n) is 6.83. The lowest BCUT2D eigenvalue weighted by molar-refractivity contribution is -0.121. The Morgan fingerprint density at radius 2 is 2.05 bits per heavy atom. The lowest BCUT2D eigenvalue weighted by atomic mass is 10.1. The average Bonchev–Trinajstić information content (AvgIpc) is 2.47. The van der Waals surface area contributed by atoms with Crippen molar-refractivity contribution in [3.63, 3.8) is 0 Å².